The van der Waals surface area contributed by atoms with Crippen LogP contribution in [0.4, 0.5) is 17.1 Å². The summed E-state index contributed by atoms with van der Waals surface area (Å²) in [6, 6.07) is 56.8. The Morgan fingerprint density at radius 2 is 1.24 bits per heavy atom. The van der Waals surface area contributed by atoms with Crippen molar-refractivity contribution in [2.75, 3.05) is 4.90 Å². The Morgan fingerprint density at radius 3 is 2.02 bits per heavy atom. The van der Waals surface area contributed by atoms with Crippen molar-refractivity contribution in [1.82, 2.24) is 4.57 Å². The molecule has 1 saturated carbocycles. The number of aromatic nitrogens is 1. The predicted octanol–water partition coefficient (Wildman–Crippen LogP) is 13.3. The Bertz CT molecular complexity index is 2590. The van der Waals surface area contributed by atoms with Gasteiger partial charge in [-0.2, -0.15) is 0 Å². The van der Waals surface area contributed by atoms with Crippen LogP contribution in [0, 0.1) is 0 Å². The monoisotopic (exact) mass is 658 g/mol. The summed E-state index contributed by atoms with van der Waals surface area (Å²) in [4.78, 5) is 2.47. The van der Waals surface area contributed by atoms with Crippen molar-refractivity contribution in [2.24, 2.45) is 7.05 Å². The summed E-state index contributed by atoms with van der Waals surface area (Å²) in [7, 11) is 2.21. The summed E-state index contributed by atoms with van der Waals surface area (Å²) in [5.74, 6) is 0.614. The lowest BCUT2D eigenvalue weighted by Crippen LogP contribution is -2.23. The van der Waals surface area contributed by atoms with Crippen molar-refractivity contribution in [3.63, 3.8) is 0 Å². The van der Waals surface area contributed by atoms with Crippen LogP contribution in [0.2, 0.25) is 0 Å². The van der Waals surface area contributed by atoms with Gasteiger partial charge in [-0.05, 0) is 106 Å². The van der Waals surface area contributed by atoms with Crippen molar-refractivity contribution in [3.8, 4) is 11.1 Å². The fourth-order valence-corrected chi connectivity index (χ4v) is 9.77. The van der Waals surface area contributed by atoms with Crippen LogP contribution in [0.1, 0.15) is 67.2 Å². The lowest BCUT2D eigenvalue weighted by Gasteiger charge is -2.32. The average molecular weight is 659 g/mol. The SMILES string of the molecule is Cn1c2ccccc2c2cccc(N(c3ccccc3)c3ccc4c(c3)C(C)(c3ccccc3)c3cc(C5CCCCC5)c5ccccc5c3-4)c21. The summed E-state index contributed by atoms with van der Waals surface area (Å²) in [6.07, 6.45) is 6.59. The molecule has 0 radical (unpaired) electrons. The van der Waals surface area contributed by atoms with Crippen LogP contribution in [0.5, 0.6) is 0 Å². The van der Waals surface area contributed by atoms with Crippen LogP contribution in [0.3, 0.4) is 0 Å². The van der Waals surface area contributed by atoms with Gasteiger partial charge in [-0.25, -0.2) is 0 Å². The van der Waals surface area contributed by atoms with Crippen LogP contribution in [-0.2, 0) is 12.5 Å². The minimum atomic E-state index is -0.316. The highest BCUT2D eigenvalue weighted by atomic mass is 15.2. The third-order valence-corrected chi connectivity index (χ3v) is 12.2. The molecular weight excluding hydrogens is 617 g/mol. The van der Waals surface area contributed by atoms with Gasteiger partial charge in [0.25, 0.3) is 0 Å². The zero-order valence-corrected chi connectivity index (χ0v) is 29.4. The molecule has 2 heteroatoms. The highest BCUT2D eigenvalue weighted by Gasteiger charge is 2.43. The molecule has 248 valence electrons. The van der Waals surface area contributed by atoms with Gasteiger partial charge in [0.05, 0.1) is 11.2 Å². The molecule has 7 aromatic carbocycles. The first-order chi connectivity index (χ1) is 25.1. The van der Waals surface area contributed by atoms with Gasteiger partial charge in [0.1, 0.15) is 0 Å². The number of hydrogen-bond donors (Lipinski definition) is 0. The standard InChI is InChI=1S/C49H42N2/c1-49(34-19-8-4-9-20-34)43-31-36(29-30-41(43)47-39-25-13-12-23-37(39)42(32-44(47)49)33-17-6-3-7-18-33)51(35-21-10-5-11-22-35)46-28-16-26-40-38-24-14-15-27-45(38)50(2)48(40)46/h4-5,8-16,19-33H,3,6-7,17-18H2,1-2H3. The molecule has 0 aliphatic heterocycles. The summed E-state index contributed by atoms with van der Waals surface area (Å²) >= 11 is 0. The Labute approximate surface area is 300 Å². The predicted molar refractivity (Wildman–Crippen MR) is 216 cm³/mol. The second-order valence-corrected chi connectivity index (χ2v) is 14.9. The smallest absolute Gasteiger partial charge is 0.0733 e. The maximum absolute atomic E-state index is 2.63. The minimum Gasteiger partial charge on any atom is -0.342 e. The Hall–Kier alpha value is -5.60. The largest absolute Gasteiger partial charge is 0.342 e. The molecule has 1 aromatic heterocycles. The molecule has 0 amide bonds. The van der Waals surface area contributed by atoms with Crippen molar-refractivity contribution in [2.45, 2.75) is 50.4 Å². The van der Waals surface area contributed by atoms with E-state index in [1.165, 1.54) is 104 Å². The van der Waals surface area contributed by atoms with Crippen molar-refractivity contribution in [1.29, 1.82) is 0 Å². The lowest BCUT2D eigenvalue weighted by atomic mass is 9.72. The van der Waals surface area contributed by atoms with E-state index in [4.69, 9.17) is 0 Å². The van der Waals surface area contributed by atoms with Crippen LogP contribution in [0.25, 0.3) is 43.7 Å². The fourth-order valence-electron chi connectivity index (χ4n) is 9.77. The van der Waals surface area contributed by atoms with E-state index in [-0.39, 0.29) is 5.41 Å². The number of para-hydroxylation sites is 3. The Morgan fingerprint density at radius 1 is 0.569 bits per heavy atom. The van der Waals surface area contributed by atoms with E-state index in [2.05, 4.69) is 175 Å². The third-order valence-electron chi connectivity index (χ3n) is 12.2. The van der Waals surface area contributed by atoms with E-state index >= 15 is 0 Å². The van der Waals surface area contributed by atoms with Gasteiger partial charge in [0.2, 0.25) is 0 Å². The molecule has 0 spiro atoms. The summed E-state index contributed by atoms with van der Waals surface area (Å²) in [6.45, 7) is 2.48. The summed E-state index contributed by atoms with van der Waals surface area (Å²) in [5.41, 5.74) is 14.1. The summed E-state index contributed by atoms with van der Waals surface area (Å²) in [5, 5.41) is 5.38. The molecule has 1 unspecified atom stereocenters. The van der Waals surface area contributed by atoms with Gasteiger partial charge < -0.3 is 9.47 Å². The molecule has 2 nitrogen and oxygen atoms in total. The van der Waals surface area contributed by atoms with Crippen LogP contribution in [-0.4, -0.2) is 4.57 Å². The molecule has 2 aliphatic rings. The van der Waals surface area contributed by atoms with Gasteiger partial charge in [0.15, 0.2) is 0 Å². The van der Waals surface area contributed by atoms with Gasteiger partial charge in [0, 0.05) is 40.1 Å². The lowest BCUT2D eigenvalue weighted by molar-refractivity contribution is 0.445. The molecule has 2 aliphatic carbocycles. The average Bonchev–Trinajstić information content (AvgIpc) is 3.64. The van der Waals surface area contributed by atoms with Gasteiger partial charge in [-0.15, -0.1) is 0 Å². The first-order valence-electron chi connectivity index (χ1n) is 18.7. The zero-order chi connectivity index (χ0) is 34.1. The number of aryl methyl sites for hydroxylation is 1. The molecule has 8 aromatic rings. The van der Waals surface area contributed by atoms with E-state index in [1.807, 2.05) is 0 Å². The second kappa shape index (κ2) is 11.7. The Kier molecular flexibility index (Phi) is 6.96. The molecule has 51 heavy (non-hydrogen) atoms. The van der Waals surface area contributed by atoms with E-state index < -0.39 is 0 Å². The topological polar surface area (TPSA) is 8.17 Å². The maximum Gasteiger partial charge on any atom is 0.0733 e. The quantitative estimate of drug-likeness (QED) is 0.179. The van der Waals surface area contributed by atoms with Crippen molar-refractivity contribution < 1.29 is 0 Å². The van der Waals surface area contributed by atoms with Gasteiger partial charge >= 0.3 is 0 Å². The van der Waals surface area contributed by atoms with Crippen molar-refractivity contribution >= 4 is 49.6 Å². The van der Waals surface area contributed by atoms with Crippen LogP contribution >= 0.6 is 0 Å². The van der Waals surface area contributed by atoms with Crippen LogP contribution in [0.15, 0.2) is 152 Å². The minimum absolute atomic E-state index is 0.316. The molecule has 1 atom stereocenters. The van der Waals surface area contributed by atoms with E-state index in [0.29, 0.717) is 5.92 Å². The normalized spacial score (nSPS) is 17.2. The van der Waals surface area contributed by atoms with Gasteiger partial charge in [-0.3, -0.25) is 0 Å². The summed E-state index contributed by atoms with van der Waals surface area (Å²) < 4.78 is 2.37. The fraction of sp³-hybridized carbons (Fsp3) is 0.184. The van der Waals surface area contributed by atoms with Gasteiger partial charge in [-0.1, -0.05) is 135 Å². The number of fused-ring (bicyclic) bond motifs is 8. The first-order valence-corrected chi connectivity index (χ1v) is 18.7. The van der Waals surface area contributed by atoms with Crippen LogP contribution < -0.4 is 4.90 Å². The highest BCUT2D eigenvalue weighted by molar-refractivity contribution is 6.13. The first kappa shape index (κ1) is 30.2. The number of anilines is 3. The molecule has 1 fully saturated rings. The van der Waals surface area contributed by atoms with E-state index in [9.17, 15) is 0 Å². The molecule has 10 rings (SSSR count). The number of nitrogens with zero attached hydrogens (tertiary/aromatic N) is 2. The molecule has 0 bridgehead atoms. The molecule has 1 heterocycles. The maximum atomic E-state index is 2.63. The molecular formula is C49H42N2. The van der Waals surface area contributed by atoms with E-state index in [0.717, 1.165) is 5.69 Å². The Balaban J connectivity index is 1.25. The highest BCUT2D eigenvalue weighted by Crippen LogP contribution is 2.57. The molecule has 0 N–H and O–H groups in total. The number of hydrogen-bond acceptors (Lipinski definition) is 1. The molecule has 0 saturated heterocycles. The number of benzene rings is 7. The zero-order valence-electron chi connectivity index (χ0n) is 29.4. The third kappa shape index (κ3) is 4.49. The number of rotatable bonds is 5. The van der Waals surface area contributed by atoms with Crippen molar-refractivity contribution in [3.05, 3.63) is 174 Å². The van der Waals surface area contributed by atoms with E-state index in [1.54, 1.807) is 5.56 Å². The second-order valence-electron chi connectivity index (χ2n) is 14.9.